The molecule has 144 valence electrons. The molecule has 3 heteroatoms. The van der Waals surface area contributed by atoms with E-state index in [9.17, 15) is 0 Å². The van der Waals surface area contributed by atoms with Crippen molar-refractivity contribution in [1.29, 1.82) is 0 Å². The van der Waals surface area contributed by atoms with Crippen molar-refractivity contribution in [2.24, 2.45) is 0 Å². The average Bonchev–Trinajstić information content (AvgIpc) is 2.66. The first-order valence-electron chi connectivity index (χ1n) is 9.81. The minimum Gasteiger partial charge on any atom is -0.456 e. The summed E-state index contributed by atoms with van der Waals surface area (Å²) in [5.41, 5.74) is 8.15. The summed E-state index contributed by atoms with van der Waals surface area (Å²) < 4.78 is 7.51. The predicted octanol–water partition coefficient (Wildman–Crippen LogP) is 7.61. The average molecular weight is 444 g/mol. The lowest BCUT2D eigenvalue weighted by Gasteiger charge is -2.35. The summed E-state index contributed by atoms with van der Waals surface area (Å²) in [6.07, 6.45) is 4.43. The van der Waals surface area contributed by atoms with Crippen molar-refractivity contribution in [2.75, 3.05) is 5.32 Å². The fourth-order valence-corrected chi connectivity index (χ4v) is 4.81. The van der Waals surface area contributed by atoms with Crippen LogP contribution in [-0.4, -0.2) is 5.54 Å². The van der Waals surface area contributed by atoms with Gasteiger partial charge in [-0.2, -0.15) is 0 Å². The van der Waals surface area contributed by atoms with Gasteiger partial charge in [-0.1, -0.05) is 58.4 Å². The highest BCUT2D eigenvalue weighted by Crippen LogP contribution is 2.49. The molecule has 3 aromatic rings. The highest BCUT2D eigenvalue weighted by molar-refractivity contribution is 9.10. The van der Waals surface area contributed by atoms with Crippen molar-refractivity contribution in [3.63, 3.8) is 0 Å². The van der Waals surface area contributed by atoms with E-state index in [0.717, 1.165) is 38.4 Å². The Morgan fingerprint density at radius 3 is 2.59 bits per heavy atom. The van der Waals surface area contributed by atoms with E-state index in [0.29, 0.717) is 0 Å². The van der Waals surface area contributed by atoms with Gasteiger partial charge < -0.3 is 10.1 Å². The second-order valence-corrected chi connectivity index (χ2v) is 9.16. The summed E-state index contributed by atoms with van der Waals surface area (Å²) in [4.78, 5) is 0. The lowest BCUT2D eigenvalue weighted by Crippen LogP contribution is -2.32. The van der Waals surface area contributed by atoms with Gasteiger partial charge in [0.05, 0.1) is 5.54 Å². The molecule has 0 unspecified atom stereocenters. The highest BCUT2D eigenvalue weighted by Gasteiger charge is 2.30. The maximum atomic E-state index is 6.46. The molecule has 29 heavy (non-hydrogen) atoms. The van der Waals surface area contributed by atoms with E-state index in [1.807, 2.05) is 24.3 Å². The van der Waals surface area contributed by atoms with Crippen LogP contribution in [0.25, 0.3) is 28.5 Å². The molecule has 3 aromatic carbocycles. The minimum atomic E-state index is -0.0765. The summed E-state index contributed by atoms with van der Waals surface area (Å²) in [6.45, 7) is 6.59. The highest BCUT2D eigenvalue weighted by atomic mass is 79.9. The Bertz CT molecular complexity index is 1200. The Labute approximate surface area is 180 Å². The van der Waals surface area contributed by atoms with E-state index in [1.54, 1.807) is 0 Å². The minimum absolute atomic E-state index is 0.0765. The molecule has 0 atom stereocenters. The molecule has 5 rings (SSSR count). The molecular formula is C26H22BrNO. The van der Waals surface area contributed by atoms with Gasteiger partial charge in [-0.15, -0.1) is 0 Å². The van der Waals surface area contributed by atoms with Crippen molar-refractivity contribution in [2.45, 2.75) is 26.3 Å². The van der Waals surface area contributed by atoms with Gasteiger partial charge in [-0.25, -0.2) is 0 Å². The molecule has 2 aliphatic rings. The third kappa shape index (κ3) is 3.20. The van der Waals surface area contributed by atoms with Crippen molar-refractivity contribution in [1.82, 2.24) is 0 Å². The zero-order valence-corrected chi connectivity index (χ0v) is 18.3. The zero-order valence-electron chi connectivity index (χ0n) is 16.7. The standard InChI is InChI=1S/C26H22BrNO/c1-16-15-26(2,3)28-21-12-11-20-19-9-4-5-10-22(19)29-23(25(20)24(16)21)14-17-7-6-8-18(27)13-17/h4-15,28H,1-3H3. The molecule has 0 fully saturated rings. The Morgan fingerprint density at radius 1 is 0.931 bits per heavy atom. The van der Waals surface area contributed by atoms with E-state index >= 15 is 0 Å². The smallest absolute Gasteiger partial charge is 0.136 e. The number of anilines is 1. The van der Waals surface area contributed by atoms with Gasteiger partial charge in [0.25, 0.3) is 0 Å². The van der Waals surface area contributed by atoms with Gasteiger partial charge in [0, 0.05) is 26.9 Å². The van der Waals surface area contributed by atoms with Crippen LogP contribution in [-0.2, 0) is 0 Å². The van der Waals surface area contributed by atoms with Gasteiger partial charge in [-0.3, -0.25) is 0 Å². The summed E-state index contributed by atoms with van der Waals surface area (Å²) in [7, 11) is 0. The number of para-hydroxylation sites is 1. The lowest BCUT2D eigenvalue weighted by atomic mass is 9.83. The number of nitrogens with one attached hydrogen (secondary N) is 1. The molecule has 1 N–H and O–H groups in total. The number of allylic oxidation sites excluding steroid dienone is 1. The third-order valence-electron chi connectivity index (χ3n) is 5.42. The molecule has 0 saturated heterocycles. The molecule has 0 aliphatic carbocycles. The van der Waals surface area contributed by atoms with Crippen molar-refractivity contribution >= 4 is 39.0 Å². The van der Waals surface area contributed by atoms with E-state index in [-0.39, 0.29) is 5.54 Å². The van der Waals surface area contributed by atoms with Gasteiger partial charge >= 0.3 is 0 Å². The number of hydrogen-bond donors (Lipinski definition) is 1. The second kappa shape index (κ2) is 6.64. The quantitative estimate of drug-likeness (QED) is 0.417. The Kier molecular flexibility index (Phi) is 4.18. The Hall–Kier alpha value is -2.78. The fourth-order valence-electron chi connectivity index (χ4n) is 4.39. The third-order valence-corrected chi connectivity index (χ3v) is 5.92. The van der Waals surface area contributed by atoms with E-state index in [4.69, 9.17) is 4.74 Å². The van der Waals surface area contributed by atoms with Crippen LogP contribution in [0.4, 0.5) is 5.69 Å². The molecule has 0 spiro atoms. The summed E-state index contributed by atoms with van der Waals surface area (Å²) >= 11 is 3.58. The van der Waals surface area contributed by atoms with Crippen LogP contribution in [0.2, 0.25) is 0 Å². The van der Waals surface area contributed by atoms with Gasteiger partial charge in [0.1, 0.15) is 11.5 Å². The monoisotopic (exact) mass is 443 g/mol. The van der Waals surface area contributed by atoms with Crippen LogP contribution in [0.1, 0.15) is 37.5 Å². The molecular weight excluding hydrogens is 422 g/mol. The van der Waals surface area contributed by atoms with Crippen molar-refractivity contribution < 1.29 is 4.74 Å². The number of halogens is 1. The first kappa shape index (κ1) is 18.3. The molecule has 0 aromatic heterocycles. The SMILES string of the molecule is CC1=CC(C)(C)Nc2ccc3c(c21)C(=Cc1cccc(Br)c1)Oc1ccccc1-3. The molecule has 2 aliphatic heterocycles. The molecule has 2 nitrogen and oxygen atoms in total. The normalized spacial score (nSPS) is 17.4. The van der Waals surface area contributed by atoms with E-state index < -0.39 is 0 Å². The van der Waals surface area contributed by atoms with Gasteiger partial charge in [-0.05, 0) is 67.8 Å². The van der Waals surface area contributed by atoms with Crippen LogP contribution in [0.15, 0.2) is 71.2 Å². The van der Waals surface area contributed by atoms with Crippen LogP contribution in [0.3, 0.4) is 0 Å². The van der Waals surface area contributed by atoms with Gasteiger partial charge in [0.2, 0.25) is 0 Å². The summed E-state index contributed by atoms with van der Waals surface area (Å²) in [5, 5.41) is 3.67. The topological polar surface area (TPSA) is 21.3 Å². The molecule has 2 heterocycles. The first-order chi connectivity index (χ1) is 13.9. The number of fused-ring (bicyclic) bond motifs is 5. The first-order valence-corrected chi connectivity index (χ1v) is 10.6. The fraction of sp³-hybridized carbons (Fsp3) is 0.154. The van der Waals surface area contributed by atoms with Crippen LogP contribution in [0.5, 0.6) is 5.75 Å². The zero-order chi connectivity index (χ0) is 20.2. The predicted molar refractivity (Wildman–Crippen MR) is 126 cm³/mol. The second-order valence-electron chi connectivity index (χ2n) is 8.25. The van der Waals surface area contributed by atoms with Crippen molar-refractivity contribution in [3.05, 3.63) is 87.9 Å². The lowest BCUT2D eigenvalue weighted by molar-refractivity contribution is 0.514. The van der Waals surface area contributed by atoms with Crippen LogP contribution >= 0.6 is 15.9 Å². The Balaban J connectivity index is 1.80. The van der Waals surface area contributed by atoms with Gasteiger partial charge in [0.15, 0.2) is 0 Å². The largest absolute Gasteiger partial charge is 0.456 e. The van der Waals surface area contributed by atoms with E-state index in [1.165, 1.54) is 16.7 Å². The summed E-state index contributed by atoms with van der Waals surface area (Å²) in [6, 6.07) is 21.0. The number of hydrogen-bond acceptors (Lipinski definition) is 2. The molecule has 0 amide bonds. The van der Waals surface area contributed by atoms with Crippen LogP contribution < -0.4 is 10.1 Å². The van der Waals surface area contributed by atoms with E-state index in [2.05, 4.69) is 90.6 Å². The number of benzene rings is 3. The Morgan fingerprint density at radius 2 is 1.76 bits per heavy atom. The maximum absolute atomic E-state index is 6.46. The molecule has 0 radical (unpaired) electrons. The number of rotatable bonds is 1. The van der Waals surface area contributed by atoms with Crippen molar-refractivity contribution in [3.8, 4) is 16.9 Å². The van der Waals surface area contributed by atoms with Crippen LogP contribution in [0, 0.1) is 0 Å². The maximum Gasteiger partial charge on any atom is 0.136 e. The molecule has 0 saturated carbocycles. The number of ether oxygens (including phenoxy) is 1. The molecule has 0 bridgehead atoms. The summed E-state index contributed by atoms with van der Waals surface area (Å²) in [5.74, 6) is 1.77.